The molecule has 5 atom stereocenters. The van der Waals surface area contributed by atoms with Gasteiger partial charge in [0.25, 0.3) is 0 Å². The van der Waals surface area contributed by atoms with Crippen LogP contribution in [0.2, 0.25) is 0 Å². The molecule has 0 amide bonds. The highest BCUT2D eigenvalue weighted by Crippen LogP contribution is 2.68. The summed E-state index contributed by atoms with van der Waals surface area (Å²) in [5.41, 5.74) is 10.9. The summed E-state index contributed by atoms with van der Waals surface area (Å²) in [6.07, 6.45) is 2.70. The fourth-order valence-corrected chi connectivity index (χ4v) is 8.85. The lowest BCUT2D eigenvalue weighted by Gasteiger charge is -2.62. The van der Waals surface area contributed by atoms with E-state index in [4.69, 9.17) is 6.58 Å². The molecule has 3 aliphatic rings. The van der Waals surface area contributed by atoms with Crippen LogP contribution in [0.5, 0.6) is 0 Å². The molecule has 2 unspecified atom stereocenters. The normalized spacial score (nSPS) is 32.4. The van der Waals surface area contributed by atoms with Gasteiger partial charge < -0.3 is 0 Å². The van der Waals surface area contributed by atoms with Gasteiger partial charge >= 0.3 is 0 Å². The van der Waals surface area contributed by atoms with Gasteiger partial charge in [-0.3, -0.25) is 9.59 Å². The van der Waals surface area contributed by atoms with Crippen LogP contribution in [0.3, 0.4) is 0 Å². The average molecular weight is 507 g/mol. The van der Waals surface area contributed by atoms with E-state index < -0.39 is 11.3 Å². The molecule has 0 aromatic heterocycles. The van der Waals surface area contributed by atoms with E-state index >= 15 is 0 Å². The summed E-state index contributed by atoms with van der Waals surface area (Å²) in [6.45, 7) is 25.6. The molecule has 2 heteroatoms. The third-order valence-corrected chi connectivity index (χ3v) is 10.7. The summed E-state index contributed by atoms with van der Waals surface area (Å²) in [6, 6.07) is 13.2. The minimum atomic E-state index is -0.672. The second kappa shape index (κ2) is 8.50. The van der Waals surface area contributed by atoms with Gasteiger partial charge in [-0.25, -0.2) is 0 Å². The fourth-order valence-electron chi connectivity index (χ4n) is 8.85. The summed E-state index contributed by atoms with van der Waals surface area (Å²) in [7, 11) is 0. The molecule has 0 radical (unpaired) electrons. The van der Waals surface area contributed by atoms with Crippen molar-refractivity contribution < 1.29 is 9.59 Å². The maximum atomic E-state index is 14.2. The highest BCUT2D eigenvalue weighted by atomic mass is 16.2. The lowest BCUT2D eigenvalue weighted by atomic mass is 9.40. The van der Waals surface area contributed by atoms with Crippen LogP contribution in [-0.4, -0.2) is 11.6 Å². The molecule has 0 heterocycles. The van der Waals surface area contributed by atoms with E-state index in [9.17, 15) is 9.59 Å². The molecule has 2 aromatic carbocycles. The molecule has 198 valence electrons. The van der Waals surface area contributed by atoms with Crippen molar-refractivity contribution in [1.82, 2.24) is 0 Å². The van der Waals surface area contributed by atoms with Gasteiger partial charge in [0, 0.05) is 0 Å². The van der Waals surface area contributed by atoms with Crippen molar-refractivity contribution in [2.75, 3.05) is 0 Å². The smallest absolute Gasteiger partial charge is 0.154 e. The van der Waals surface area contributed by atoms with Crippen molar-refractivity contribution in [2.45, 2.75) is 74.7 Å². The van der Waals surface area contributed by atoms with E-state index in [2.05, 4.69) is 84.5 Å². The Bertz CT molecular complexity index is 1450. The molecular formula is C36H42O2. The number of carbonyl (C=O) groups is 2. The number of allylic oxidation sites excluding steroid dienone is 4. The maximum Gasteiger partial charge on any atom is 0.154 e. The minimum Gasteiger partial charge on any atom is -0.299 e. The van der Waals surface area contributed by atoms with Crippen LogP contribution < -0.4 is 0 Å². The lowest BCUT2D eigenvalue weighted by molar-refractivity contribution is -0.154. The molecule has 2 nitrogen and oxygen atoms in total. The van der Waals surface area contributed by atoms with Crippen molar-refractivity contribution in [1.29, 1.82) is 0 Å². The van der Waals surface area contributed by atoms with Crippen molar-refractivity contribution in [3.63, 3.8) is 0 Å². The summed E-state index contributed by atoms with van der Waals surface area (Å²) >= 11 is 0. The Hall–Kier alpha value is -3.00. The Morgan fingerprint density at radius 2 is 1.63 bits per heavy atom. The lowest BCUT2D eigenvalue weighted by Crippen LogP contribution is -2.60. The number of rotatable bonds is 3. The largest absolute Gasteiger partial charge is 0.299 e. The van der Waals surface area contributed by atoms with Crippen LogP contribution in [0.15, 0.2) is 60.7 Å². The number of Topliss-reactive ketones (excluding diaryl/α,β-unsaturated/α-hetero) is 2. The highest BCUT2D eigenvalue weighted by Gasteiger charge is 2.64. The van der Waals surface area contributed by atoms with E-state index in [1.54, 1.807) is 6.92 Å². The third-order valence-electron chi connectivity index (χ3n) is 10.7. The number of ketones is 2. The quantitative estimate of drug-likeness (QED) is 0.390. The van der Waals surface area contributed by atoms with Gasteiger partial charge in [-0.05, 0) is 115 Å². The van der Waals surface area contributed by atoms with Gasteiger partial charge in [0.1, 0.15) is 5.78 Å². The van der Waals surface area contributed by atoms with Crippen LogP contribution in [0.4, 0.5) is 0 Å². The van der Waals surface area contributed by atoms with Gasteiger partial charge in [-0.1, -0.05) is 81.5 Å². The van der Waals surface area contributed by atoms with Gasteiger partial charge in [-0.2, -0.15) is 0 Å². The average Bonchev–Trinajstić information content (AvgIpc) is 2.81. The van der Waals surface area contributed by atoms with Crippen molar-refractivity contribution in [2.24, 2.45) is 28.1 Å². The SMILES string of the molecule is C=C(C)c1ccc(-c2ccc(C)c3c2C[C@]2(C)C[C@]4(C)CC(C)C(C(C)=O)C(=O)[C@]4(C)C(C)=C2C3=C)cc1. The van der Waals surface area contributed by atoms with Crippen LogP contribution in [0.1, 0.15) is 83.6 Å². The van der Waals surface area contributed by atoms with Crippen molar-refractivity contribution in [3.8, 4) is 11.1 Å². The first kappa shape index (κ1) is 26.6. The molecular weight excluding hydrogens is 464 g/mol. The number of aryl methyl sites for hydroxylation is 1. The Balaban J connectivity index is 1.72. The van der Waals surface area contributed by atoms with Crippen LogP contribution in [0.25, 0.3) is 22.3 Å². The molecule has 0 aliphatic heterocycles. The zero-order valence-corrected chi connectivity index (χ0v) is 24.5. The van der Waals surface area contributed by atoms with Crippen molar-refractivity contribution in [3.05, 3.63) is 83.0 Å². The van der Waals surface area contributed by atoms with Crippen molar-refractivity contribution >= 4 is 22.7 Å². The number of benzene rings is 2. The topological polar surface area (TPSA) is 34.1 Å². The summed E-state index contributed by atoms with van der Waals surface area (Å²) in [5.74, 6) is -0.352. The van der Waals surface area contributed by atoms with E-state index in [1.807, 2.05) is 6.92 Å². The Kier molecular flexibility index (Phi) is 5.95. The minimum absolute atomic E-state index is 0.00267. The molecule has 1 saturated carbocycles. The molecule has 0 spiro atoms. The number of hydrogen-bond acceptors (Lipinski definition) is 2. The summed E-state index contributed by atoms with van der Waals surface area (Å²) in [4.78, 5) is 26.8. The van der Waals surface area contributed by atoms with E-state index in [1.165, 1.54) is 33.4 Å². The second-order valence-electron chi connectivity index (χ2n) is 13.4. The zero-order valence-electron chi connectivity index (χ0n) is 24.5. The number of carbonyl (C=O) groups excluding carboxylic acids is 2. The predicted octanol–water partition coefficient (Wildman–Crippen LogP) is 8.82. The molecule has 5 rings (SSSR count). The molecule has 0 N–H and O–H groups in total. The maximum absolute atomic E-state index is 14.2. The summed E-state index contributed by atoms with van der Waals surface area (Å²) < 4.78 is 0. The van der Waals surface area contributed by atoms with E-state index in [0.717, 1.165) is 41.5 Å². The number of fused-ring (bicyclic) bond motifs is 3. The van der Waals surface area contributed by atoms with Crippen LogP contribution >= 0.6 is 0 Å². The Morgan fingerprint density at radius 3 is 2.21 bits per heavy atom. The van der Waals surface area contributed by atoms with E-state index in [0.29, 0.717) is 0 Å². The highest BCUT2D eigenvalue weighted by molar-refractivity contribution is 6.07. The van der Waals surface area contributed by atoms with E-state index in [-0.39, 0.29) is 28.3 Å². The number of hydrogen-bond donors (Lipinski definition) is 0. The standard InChI is InChI=1S/C36H42O2/c1-20(2)26-12-14-27(15-13-26)28-16-11-21(3)30-23(5)32-24(6)36(10)33(38)31(25(7)37)22(4)17-35(36,9)19-34(32,8)18-29(28)30/h11-16,22,31H,1,5,17-19H2,2-4,6-10H3/t22?,31?,34-,35+,36+/m1/s1. The third kappa shape index (κ3) is 3.45. The first-order chi connectivity index (χ1) is 17.7. The second-order valence-corrected chi connectivity index (χ2v) is 13.4. The summed E-state index contributed by atoms with van der Waals surface area (Å²) in [5, 5.41) is 0. The van der Waals surface area contributed by atoms with Gasteiger partial charge in [0.2, 0.25) is 0 Å². The van der Waals surface area contributed by atoms with Gasteiger partial charge in [0.05, 0.1) is 11.3 Å². The van der Waals surface area contributed by atoms with Crippen LogP contribution in [0, 0.1) is 35.0 Å². The first-order valence-corrected chi connectivity index (χ1v) is 14.0. The van der Waals surface area contributed by atoms with Crippen LogP contribution in [-0.2, 0) is 16.0 Å². The van der Waals surface area contributed by atoms with Gasteiger partial charge in [0.15, 0.2) is 5.78 Å². The van der Waals surface area contributed by atoms with Gasteiger partial charge in [-0.15, -0.1) is 0 Å². The monoisotopic (exact) mass is 506 g/mol. The molecule has 0 saturated heterocycles. The zero-order chi connectivity index (χ0) is 27.9. The molecule has 38 heavy (non-hydrogen) atoms. The fraction of sp³-hybridized carbons (Fsp3) is 0.444. The first-order valence-electron chi connectivity index (χ1n) is 14.0. The predicted molar refractivity (Wildman–Crippen MR) is 159 cm³/mol. The molecule has 3 aliphatic carbocycles. The Labute approximate surface area is 228 Å². The molecule has 2 aromatic rings. The molecule has 0 bridgehead atoms. The Morgan fingerprint density at radius 1 is 1.00 bits per heavy atom. The molecule has 1 fully saturated rings.